The lowest BCUT2D eigenvalue weighted by molar-refractivity contribution is -0.143. The van der Waals surface area contributed by atoms with E-state index in [9.17, 15) is 29.1 Å². The van der Waals surface area contributed by atoms with Gasteiger partial charge in [0.05, 0.1) is 46.9 Å². The van der Waals surface area contributed by atoms with Crippen LogP contribution in [-0.4, -0.2) is 161 Å². The molecule has 0 aromatic carbocycles. The van der Waals surface area contributed by atoms with E-state index in [1.54, 1.807) is 4.90 Å². The molecule has 0 aliphatic carbocycles. The first-order valence-electron chi connectivity index (χ1n) is 11.1. The van der Waals surface area contributed by atoms with Gasteiger partial charge in [-0.05, 0) is 0 Å². The monoisotopic (exact) mass is 485 g/mol. The summed E-state index contributed by atoms with van der Waals surface area (Å²) in [6, 6.07) is 0. The fourth-order valence-corrected chi connectivity index (χ4v) is 3.38. The normalized spacial score (nSPS) is 17.7. The molecule has 0 aromatic heterocycles. The maximum atomic E-state index is 12.3. The molecule has 192 valence electrons. The van der Waals surface area contributed by atoms with Gasteiger partial charge in [-0.3, -0.25) is 38.8 Å². The molecule has 0 atom stereocenters. The van der Waals surface area contributed by atoms with Crippen molar-refractivity contribution in [1.29, 1.82) is 0 Å². The Hall–Kier alpha value is -2.55. The number of hydrogen-bond donors (Lipinski definition) is 2. The van der Waals surface area contributed by atoms with E-state index in [0.29, 0.717) is 52.4 Å². The molecule has 0 unspecified atom stereocenters. The van der Waals surface area contributed by atoms with Gasteiger partial charge in [-0.25, -0.2) is 0 Å². The van der Waals surface area contributed by atoms with Crippen LogP contribution in [0.3, 0.4) is 0 Å². The first-order chi connectivity index (χ1) is 16.1. The predicted octanol–water partition coefficient (Wildman–Crippen LogP) is -4.09. The SMILES string of the molecule is BC(=O)CNC(=O)CN1CCN(CC(=O)OC)CCN(CC(=O)O)CCN(CC(=O)OC)CC1. The van der Waals surface area contributed by atoms with Gasteiger partial charge in [0.2, 0.25) is 5.91 Å². The lowest BCUT2D eigenvalue weighted by Gasteiger charge is -2.33. The third-order valence-electron chi connectivity index (χ3n) is 5.35. The highest BCUT2D eigenvalue weighted by Crippen LogP contribution is 2.02. The highest BCUT2D eigenvalue weighted by atomic mass is 16.5. The molecule has 2 N–H and O–H groups in total. The number of ether oxygens (including phenoxy) is 2. The molecular formula is C20H36BN5O8. The number of carboxylic acid groups (broad SMARTS) is 1. The fraction of sp³-hybridized carbons (Fsp3) is 0.750. The van der Waals surface area contributed by atoms with E-state index >= 15 is 0 Å². The summed E-state index contributed by atoms with van der Waals surface area (Å²) >= 11 is 0. The van der Waals surface area contributed by atoms with Crippen LogP contribution >= 0.6 is 0 Å². The van der Waals surface area contributed by atoms with Crippen molar-refractivity contribution < 1.29 is 38.6 Å². The molecule has 0 spiro atoms. The van der Waals surface area contributed by atoms with E-state index in [0.717, 1.165) is 0 Å². The number of carbonyl (C=O) groups excluding carboxylic acids is 4. The van der Waals surface area contributed by atoms with Crippen molar-refractivity contribution in [3.63, 3.8) is 0 Å². The van der Waals surface area contributed by atoms with Crippen molar-refractivity contribution in [3.8, 4) is 0 Å². The van der Waals surface area contributed by atoms with E-state index in [1.807, 2.05) is 14.7 Å². The molecule has 1 heterocycles. The molecule has 1 saturated heterocycles. The summed E-state index contributed by atoms with van der Waals surface area (Å²) in [7, 11) is 3.99. The van der Waals surface area contributed by atoms with Crippen LogP contribution in [0.25, 0.3) is 0 Å². The fourth-order valence-electron chi connectivity index (χ4n) is 3.38. The third-order valence-corrected chi connectivity index (χ3v) is 5.35. The Bertz CT molecular complexity index is 676. The molecule has 0 bridgehead atoms. The summed E-state index contributed by atoms with van der Waals surface area (Å²) in [6.07, 6.45) is 0. The number of aliphatic carboxylic acids is 1. The van der Waals surface area contributed by atoms with Gasteiger partial charge < -0.3 is 24.7 Å². The number of amides is 1. The highest BCUT2D eigenvalue weighted by molar-refractivity contribution is 6.58. The number of nitrogens with one attached hydrogen (secondary N) is 1. The molecule has 13 nitrogen and oxygen atoms in total. The van der Waals surface area contributed by atoms with E-state index in [1.165, 1.54) is 22.1 Å². The topological polar surface area (TPSA) is 149 Å². The van der Waals surface area contributed by atoms with Gasteiger partial charge in [0.25, 0.3) is 0 Å². The minimum Gasteiger partial charge on any atom is -0.480 e. The van der Waals surface area contributed by atoms with E-state index in [4.69, 9.17) is 9.47 Å². The Morgan fingerprint density at radius 1 is 0.706 bits per heavy atom. The minimum absolute atomic E-state index is 0.0379. The first-order valence-corrected chi connectivity index (χ1v) is 11.1. The zero-order chi connectivity index (χ0) is 25.5. The van der Waals surface area contributed by atoms with E-state index < -0.39 is 17.9 Å². The van der Waals surface area contributed by atoms with Crippen molar-refractivity contribution in [1.82, 2.24) is 24.9 Å². The molecule has 1 amide bonds. The smallest absolute Gasteiger partial charge is 0.319 e. The Morgan fingerprint density at radius 2 is 1.06 bits per heavy atom. The molecule has 1 rings (SSSR count). The molecule has 1 aliphatic heterocycles. The van der Waals surface area contributed by atoms with Crippen LogP contribution in [0.1, 0.15) is 0 Å². The van der Waals surface area contributed by atoms with Crippen LogP contribution in [-0.2, 0) is 33.4 Å². The van der Waals surface area contributed by atoms with Gasteiger partial charge >= 0.3 is 17.9 Å². The van der Waals surface area contributed by atoms with Crippen LogP contribution in [0.4, 0.5) is 0 Å². The Balaban J connectivity index is 2.98. The summed E-state index contributed by atoms with van der Waals surface area (Å²) in [4.78, 5) is 65.9. The molecule has 1 aliphatic rings. The molecule has 0 radical (unpaired) electrons. The quantitative estimate of drug-likeness (QED) is 0.229. The summed E-state index contributed by atoms with van der Waals surface area (Å²) in [5, 5.41) is 11.8. The van der Waals surface area contributed by atoms with Gasteiger partial charge in [-0.2, -0.15) is 0 Å². The second-order valence-electron chi connectivity index (χ2n) is 8.13. The van der Waals surface area contributed by atoms with Gasteiger partial charge in [-0.1, -0.05) is 0 Å². The van der Waals surface area contributed by atoms with Crippen molar-refractivity contribution in [2.24, 2.45) is 0 Å². The van der Waals surface area contributed by atoms with Crippen LogP contribution in [0, 0.1) is 0 Å². The summed E-state index contributed by atoms with van der Waals surface area (Å²) in [5.74, 6) is -2.08. The summed E-state index contributed by atoms with van der Waals surface area (Å²) in [6.45, 7) is 3.31. The van der Waals surface area contributed by atoms with Gasteiger partial charge in [-0.15, -0.1) is 0 Å². The highest BCUT2D eigenvalue weighted by Gasteiger charge is 2.21. The van der Waals surface area contributed by atoms with Gasteiger partial charge in [0.15, 0.2) is 7.85 Å². The number of carboxylic acids is 1. The van der Waals surface area contributed by atoms with Crippen molar-refractivity contribution in [2.45, 2.75) is 0 Å². The van der Waals surface area contributed by atoms with Crippen molar-refractivity contribution in [3.05, 3.63) is 0 Å². The Morgan fingerprint density at radius 3 is 1.38 bits per heavy atom. The number of carbonyl (C=O) groups is 5. The van der Waals surface area contributed by atoms with Crippen molar-refractivity contribution in [2.75, 3.05) is 99.3 Å². The van der Waals surface area contributed by atoms with Crippen LogP contribution in [0.5, 0.6) is 0 Å². The Kier molecular flexibility index (Phi) is 14.0. The van der Waals surface area contributed by atoms with Gasteiger partial charge in [0, 0.05) is 52.4 Å². The average molecular weight is 485 g/mol. The zero-order valence-corrected chi connectivity index (χ0v) is 20.3. The zero-order valence-electron chi connectivity index (χ0n) is 20.3. The number of rotatable bonds is 10. The van der Waals surface area contributed by atoms with Crippen molar-refractivity contribution >= 4 is 37.3 Å². The molecule has 0 aromatic rings. The number of hydrogen-bond acceptors (Lipinski definition) is 11. The number of nitrogens with zero attached hydrogens (tertiary/aromatic N) is 4. The maximum absolute atomic E-state index is 12.3. The third kappa shape index (κ3) is 13.2. The predicted molar refractivity (Wildman–Crippen MR) is 124 cm³/mol. The molecule has 14 heteroatoms. The Labute approximate surface area is 200 Å². The van der Waals surface area contributed by atoms with E-state index in [2.05, 4.69) is 5.32 Å². The molecule has 1 fully saturated rings. The van der Waals surface area contributed by atoms with Gasteiger partial charge in [0.1, 0.15) is 5.68 Å². The minimum atomic E-state index is -0.964. The molecular weight excluding hydrogens is 449 g/mol. The molecule has 0 saturated carbocycles. The average Bonchev–Trinajstić information content (AvgIpc) is 2.78. The first kappa shape index (κ1) is 29.5. The maximum Gasteiger partial charge on any atom is 0.319 e. The number of methoxy groups -OCH3 is 2. The second-order valence-corrected chi connectivity index (χ2v) is 8.13. The lowest BCUT2D eigenvalue weighted by Crippen LogP contribution is -2.50. The standard InChI is InChI=1S/C20H36BN5O8/c1-33-19(31)14-25-7-3-23(12-17(28)22-11-16(21)27)4-8-26(15-20(32)34-2)10-6-24(5-9-25)13-18(29)30/h3-15,21H2,1-2H3,(H,22,28)(H,29,30). The second kappa shape index (κ2) is 16.1. The summed E-state index contributed by atoms with van der Waals surface area (Å²) in [5.41, 5.74) is -0.151. The number of esters is 2. The largest absolute Gasteiger partial charge is 0.480 e. The summed E-state index contributed by atoms with van der Waals surface area (Å²) < 4.78 is 9.55. The van der Waals surface area contributed by atoms with Crippen LogP contribution in [0.15, 0.2) is 0 Å². The molecule has 34 heavy (non-hydrogen) atoms. The van der Waals surface area contributed by atoms with E-state index in [-0.39, 0.29) is 44.3 Å². The lowest BCUT2D eigenvalue weighted by atomic mass is 10.0. The van der Waals surface area contributed by atoms with Crippen LogP contribution in [0.2, 0.25) is 0 Å². The van der Waals surface area contributed by atoms with Crippen LogP contribution < -0.4 is 5.32 Å².